The maximum Gasteiger partial charge on any atom is 0.164 e. The lowest BCUT2D eigenvalue weighted by Gasteiger charge is -2.50. The molecule has 2 aliphatic rings. The summed E-state index contributed by atoms with van der Waals surface area (Å²) < 4.78 is 6.06. The highest BCUT2D eigenvalue weighted by atomic mass is 16.5. The van der Waals surface area contributed by atoms with Crippen LogP contribution in [0.25, 0.3) is 0 Å². The Kier molecular flexibility index (Phi) is 5.41. The maximum absolute atomic E-state index is 12.4. The number of hydrogen-bond donors (Lipinski definition) is 0. The van der Waals surface area contributed by atoms with Crippen molar-refractivity contribution < 1.29 is 9.53 Å². The summed E-state index contributed by atoms with van der Waals surface area (Å²) in [6.07, 6.45) is 6.61. The van der Waals surface area contributed by atoms with Crippen LogP contribution in [0.5, 0.6) is 0 Å². The second-order valence-electron chi connectivity index (χ2n) is 8.00. The number of rotatable bonds is 5. The lowest BCUT2D eigenvalue weighted by atomic mass is 9.68. The van der Waals surface area contributed by atoms with E-state index in [9.17, 15) is 4.79 Å². The van der Waals surface area contributed by atoms with Crippen molar-refractivity contribution in [1.82, 2.24) is 4.90 Å². The van der Waals surface area contributed by atoms with Gasteiger partial charge in [0.1, 0.15) is 0 Å². The van der Waals surface area contributed by atoms with E-state index in [0.717, 1.165) is 38.2 Å². The standard InChI is InChI=1S/C21H31NO2/c1-3-20(2)16-21(12-15-24-20)11-7-13-22(17-21)14-10-19(23)18-8-5-4-6-9-18/h4-6,8-9H,3,7,10-17H2,1-2H3/t20-,21-/m1/s1. The SMILES string of the molecule is CC[C@]1(C)C[C@@]2(CCCN(CCC(=O)c3ccccc3)C2)CCO1. The molecule has 3 rings (SSSR count). The van der Waals surface area contributed by atoms with Crippen LogP contribution in [0.3, 0.4) is 0 Å². The summed E-state index contributed by atoms with van der Waals surface area (Å²) in [4.78, 5) is 14.9. The van der Waals surface area contributed by atoms with Gasteiger partial charge in [0, 0.05) is 31.7 Å². The Balaban J connectivity index is 1.57. The van der Waals surface area contributed by atoms with Gasteiger partial charge in [-0.1, -0.05) is 37.3 Å². The zero-order valence-corrected chi connectivity index (χ0v) is 15.2. The number of Topliss-reactive ketones (excluding diaryl/α,β-unsaturated/α-hetero) is 1. The molecule has 0 amide bonds. The number of nitrogens with zero attached hydrogens (tertiary/aromatic N) is 1. The van der Waals surface area contributed by atoms with Crippen molar-refractivity contribution >= 4 is 5.78 Å². The van der Waals surface area contributed by atoms with Gasteiger partial charge in [0.25, 0.3) is 0 Å². The summed E-state index contributed by atoms with van der Waals surface area (Å²) in [5, 5.41) is 0. The van der Waals surface area contributed by atoms with Crippen molar-refractivity contribution in [1.29, 1.82) is 0 Å². The Morgan fingerprint density at radius 2 is 2.04 bits per heavy atom. The molecule has 0 radical (unpaired) electrons. The van der Waals surface area contributed by atoms with Gasteiger partial charge in [-0.2, -0.15) is 0 Å². The summed E-state index contributed by atoms with van der Waals surface area (Å²) in [5.41, 5.74) is 1.28. The number of ether oxygens (including phenoxy) is 1. The van der Waals surface area contributed by atoms with Crippen molar-refractivity contribution in [3.63, 3.8) is 0 Å². The number of carbonyl (C=O) groups excluding carboxylic acids is 1. The highest BCUT2D eigenvalue weighted by molar-refractivity contribution is 5.96. The molecule has 2 aliphatic heterocycles. The largest absolute Gasteiger partial charge is 0.375 e. The molecule has 2 fully saturated rings. The molecule has 0 unspecified atom stereocenters. The molecule has 0 N–H and O–H groups in total. The van der Waals surface area contributed by atoms with Crippen molar-refractivity contribution in [2.45, 2.75) is 58.0 Å². The van der Waals surface area contributed by atoms with E-state index in [1.807, 2.05) is 30.3 Å². The van der Waals surface area contributed by atoms with Crippen molar-refractivity contribution in [3.8, 4) is 0 Å². The topological polar surface area (TPSA) is 29.5 Å². The average molecular weight is 329 g/mol. The Bertz CT molecular complexity index is 554. The summed E-state index contributed by atoms with van der Waals surface area (Å²) in [5.74, 6) is 0.264. The van der Waals surface area contributed by atoms with Gasteiger partial charge in [-0.3, -0.25) is 4.79 Å². The lowest BCUT2D eigenvalue weighted by molar-refractivity contribution is -0.133. The third-order valence-electron chi connectivity index (χ3n) is 6.07. The molecule has 2 saturated heterocycles. The first-order chi connectivity index (χ1) is 11.5. The van der Waals surface area contributed by atoms with E-state index in [0.29, 0.717) is 11.8 Å². The molecule has 3 nitrogen and oxygen atoms in total. The van der Waals surface area contributed by atoms with Crippen LogP contribution >= 0.6 is 0 Å². The van der Waals surface area contributed by atoms with E-state index < -0.39 is 0 Å². The Morgan fingerprint density at radius 3 is 2.79 bits per heavy atom. The number of ketones is 1. The van der Waals surface area contributed by atoms with E-state index in [-0.39, 0.29) is 11.4 Å². The lowest BCUT2D eigenvalue weighted by Crippen LogP contribution is -2.51. The zero-order chi connectivity index (χ0) is 17.0. The monoisotopic (exact) mass is 329 g/mol. The molecular weight excluding hydrogens is 298 g/mol. The van der Waals surface area contributed by atoms with Gasteiger partial charge in [-0.05, 0) is 51.0 Å². The third kappa shape index (κ3) is 4.07. The van der Waals surface area contributed by atoms with Crippen LogP contribution in [-0.2, 0) is 4.74 Å². The average Bonchev–Trinajstić information content (AvgIpc) is 2.60. The van der Waals surface area contributed by atoms with Crippen LogP contribution in [0.2, 0.25) is 0 Å². The van der Waals surface area contributed by atoms with Crippen molar-refractivity contribution in [2.75, 3.05) is 26.2 Å². The minimum Gasteiger partial charge on any atom is -0.375 e. The summed E-state index contributed by atoms with van der Waals surface area (Å²) in [6.45, 7) is 8.55. The smallest absolute Gasteiger partial charge is 0.164 e. The van der Waals surface area contributed by atoms with Gasteiger partial charge < -0.3 is 9.64 Å². The molecule has 3 heteroatoms. The fourth-order valence-corrected chi connectivity index (χ4v) is 4.55. The number of likely N-dealkylation sites (tertiary alicyclic amines) is 1. The van der Waals surface area contributed by atoms with E-state index in [1.54, 1.807) is 0 Å². The fourth-order valence-electron chi connectivity index (χ4n) is 4.55. The predicted octanol–water partition coefficient (Wildman–Crippen LogP) is 4.32. The maximum atomic E-state index is 12.4. The highest BCUT2D eigenvalue weighted by Gasteiger charge is 2.44. The number of hydrogen-bond acceptors (Lipinski definition) is 3. The van der Waals surface area contributed by atoms with Crippen LogP contribution in [0.4, 0.5) is 0 Å². The van der Waals surface area contributed by atoms with E-state index in [1.165, 1.54) is 25.7 Å². The van der Waals surface area contributed by atoms with Crippen LogP contribution in [0, 0.1) is 5.41 Å². The third-order valence-corrected chi connectivity index (χ3v) is 6.07. The van der Waals surface area contributed by atoms with E-state index in [2.05, 4.69) is 18.7 Å². The van der Waals surface area contributed by atoms with Gasteiger partial charge >= 0.3 is 0 Å². The van der Waals surface area contributed by atoms with Gasteiger partial charge in [-0.25, -0.2) is 0 Å². The molecule has 0 aromatic heterocycles. The normalized spacial score (nSPS) is 31.2. The number of piperidine rings is 1. The van der Waals surface area contributed by atoms with E-state index in [4.69, 9.17) is 4.74 Å². The highest BCUT2D eigenvalue weighted by Crippen LogP contribution is 2.46. The summed E-state index contributed by atoms with van der Waals surface area (Å²) in [6, 6.07) is 9.69. The molecule has 132 valence electrons. The summed E-state index contributed by atoms with van der Waals surface area (Å²) in [7, 11) is 0. The first-order valence-electron chi connectivity index (χ1n) is 9.49. The van der Waals surface area contributed by atoms with Crippen molar-refractivity contribution in [2.24, 2.45) is 5.41 Å². The fraction of sp³-hybridized carbons (Fsp3) is 0.667. The first kappa shape index (κ1) is 17.6. The molecule has 2 atom stereocenters. The Hall–Kier alpha value is -1.19. The van der Waals surface area contributed by atoms with Crippen LogP contribution in [0.15, 0.2) is 30.3 Å². The predicted molar refractivity (Wildman–Crippen MR) is 97.4 cm³/mol. The molecule has 24 heavy (non-hydrogen) atoms. The molecule has 0 bridgehead atoms. The van der Waals surface area contributed by atoms with Gasteiger partial charge in [0.05, 0.1) is 5.60 Å². The molecule has 1 spiro atoms. The van der Waals surface area contributed by atoms with Gasteiger partial charge in [-0.15, -0.1) is 0 Å². The van der Waals surface area contributed by atoms with Crippen molar-refractivity contribution in [3.05, 3.63) is 35.9 Å². The second kappa shape index (κ2) is 7.37. The molecule has 0 aliphatic carbocycles. The van der Waals surface area contributed by atoms with Crippen LogP contribution < -0.4 is 0 Å². The molecular formula is C21H31NO2. The molecule has 0 saturated carbocycles. The molecule has 1 aromatic carbocycles. The van der Waals surface area contributed by atoms with Gasteiger partial charge in [0.15, 0.2) is 5.78 Å². The number of benzene rings is 1. The zero-order valence-electron chi connectivity index (χ0n) is 15.2. The van der Waals surface area contributed by atoms with Crippen LogP contribution in [-0.4, -0.2) is 42.5 Å². The van der Waals surface area contributed by atoms with Crippen LogP contribution in [0.1, 0.15) is 62.7 Å². The van der Waals surface area contributed by atoms with E-state index >= 15 is 0 Å². The van der Waals surface area contributed by atoms with Gasteiger partial charge in [0.2, 0.25) is 0 Å². The Morgan fingerprint density at radius 1 is 1.25 bits per heavy atom. The first-order valence-corrected chi connectivity index (χ1v) is 9.49. The number of carbonyl (C=O) groups is 1. The summed E-state index contributed by atoms with van der Waals surface area (Å²) >= 11 is 0. The molecule has 1 aromatic rings. The minimum absolute atomic E-state index is 0.0428. The minimum atomic E-state index is 0.0428. The molecule has 2 heterocycles. The second-order valence-corrected chi connectivity index (χ2v) is 8.00. The Labute approximate surface area is 146 Å². The quantitative estimate of drug-likeness (QED) is 0.754.